The Morgan fingerprint density at radius 1 is 1.16 bits per heavy atom. The van der Waals surface area contributed by atoms with Crippen molar-refractivity contribution in [3.8, 4) is 0 Å². The van der Waals surface area contributed by atoms with E-state index in [-0.39, 0.29) is 29.9 Å². The fraction of sp³-hybridized carbons (Fsp3) is 0.867. The van der Waals surface area contributed by atoms with E-state index in [0.717, 1.165) is 25.7 Å². The van der Waals surface area contributed by atoms with Gasteiger partial charge in [-0.2, -0.15) is 0 Å². The van der Waals surface area contributed by atoms with Gasteiger partial charge in [-0.1, -0.05) is 19.3 Å². The summed E-state index contributed by atoms with van der Waals surface area (Å²) < 4.78 is 0. The molecule has 1 N–H and O–H groups in total. The van der Waals surface area contributed by atoms with Gasteiger partial charge in [-0.15, -0.1) is 0 Å². The van der Waals surface area contributed by atoms with Crippen molar-refractivity contribution in [2.24, 2.45) is 5.41 Å². The van der Waals surface area contributed by atoms with E-state index in [1.54, 1.807) is 0 Å². The number of aliphatic hydroxyl groups is 1. The van der Waals surface area contributed by atoms with E-state index >= 15 is 0 Å². The lowest BCUT2D eigenvalue weighted by Crippen LogP contribution is -2.52. The predicted molar refractivity (Wildman–Crippen MR) is 72.4 cm³/mol. The zero-order valence-electron chi connectivity index (χ0n) is 11.9. The standard InChI is InChI=1S/C15H25NO3/c1-12(6-5-9-17)16-13(18)10-15(11-14(16)19)7-3-2-4-8-15/h12,17H,2-11H2,1H3. The van der Waals surface area contributed by atoms with Crippen LogP contribution >= 0.6 is 0 Å². The number of nitrogens with zero attached hydrogens (tertiary/aromatic N) is 1. The average molecular weight is 267 g/mol. The molecule has 1 heterocycles. The van der Waals surface area contributed by atoms with Crippen molar-refractivity contribution >= 4 is 11.8 Å². The Labute approximate surface area is 115 Å². The monoisotopic (exact) mass is 267 g/mol. The maximum Gasteiger partial charge on any atom is 0.229 e. The number of amides is 2. The molecular formula is C15H25NO3. The number of imide groups is 1. The van der Waals surface area contributed by atoms with Crippen molar-refractivity contribution < 1.29 is 14.7 Å². The van der Waals surface area contributed by atoms with Crippen molar-refractivity contribution in [2.75, 3.05) is 6.61 Å². The summed E-state index contributed by atoms with van der Waals surface area (Å²) in [7, 11) is 0. The number of likely N-dealkylation sites (tertiary alicyclic amines) is 1. The normalized spacial score (nSPS) is 24.8. The number of rotatable bonds is 4. The van der Waals surface area contributed by atoms with E-state index < -0.39 is 0 Å². The van der Waals surface area contributed by atoms with Crippen LogP contribution in [0.25, 0.3) is 0 Å². The second-order valence-corrected chi connectivity index (χ2v) is 6.29. The van der Waals surface area contributed by atoms with Crippen LogP contribution in [0.1, 0.15) is 64.7 Å². The molecule has 1 saturated carbocycles. The van der Waals surface area contributed by atoms with Crippen molar-refractivity contribution in [3.63, 3.8) is 0 Å². The quantitative estimate of drug-likeness (QED) is 0.795. The van der Waals surface area contributed by atoms with Gasteiger partial charge in [0, 0.05) is 25.5 Å². The first-order valence-corrected chi connectivity index (χ1v) is 7.54. The van der Waals surface area contributed by atoms with Gasteiger partial charge in [0.25, 0.3) is 0 Å². The number of hydrogen-bond acceptors (Lipinski definition) is 3. The van der Waals surface area contributed by atoms with Gasteiger partial charge in [-0.3, -0.25) is 14.5 Å². The smallest absolute Gasteiger partial charge is 0.229 e. The molecular weight excluding hydrogens is 242 g/mol. The summed E-state index contributed by atoms with van der Waals surface area (Å²) in [6.45, 7) is 2.02. The molecule has 1 unspecified atom stereocenters. The Kier molecular flexibility index (Phi) is 4.61. The molecule has 1 saturated heterocycles. The Balaban J connectivity index is 2.02. The molecule has 2 amide bonds. The van der Waals surface area contributed by atoms with Crippen molar-refractivity contribution in [1.82, 2.24) is 4.90 Å². The number of carbonyl (C=O) groups is 2. The lowest BCUT2D eigenvalue weighted by molar-refractivity contribution is -0.157. The SMILES string of the molecule is CC(CCCO)N1C(=O)CC2(CCCCC2)CC1=O. The molecule has 2 fully saturated rings. The Hall–Kier alpha value is -0.900. The zero-order chi connectivity index (χ0) is 13.9. The third kappa shape index (κ3) is 3.16. The Morgan fingerprint density at radius 3 is 2.26 bits per heavy atom. The first kappa shape index (κ1) is 14.5. The molecule has 0 aromatic carbocycles. The van der Waals surface area contributed by atoms with Gasteiger partial charge in [-0.05, 0) is 38.0 Å². The van der Waals surface area contributed by atoms with Crippen LogP contribution in [-0.2, 0) is 9.59 Å². The molecule has 19 heavy (non-hydrogen) atoms. The van der Waals surface area contributed by atoms with Gasteiger partial charge in [0.05, 0.1) is 0 Å². The summed E-state index contributed by atoms with van der Waals surface area (Å²) in [5.41, 5.74) is -0.0282. The van der Waals surface area contributed by atoms with E-state index in [1.165, 1.54) is 11.3 Å². The van der Waals surface area contributed by atoms with Gasteiger partial charge in [-0.25, -0.2) is 0 Å². The van der Waals surface area contributed by atoms with Crippen LogP contribution in [0.2, 0.25) is 0 Å². The molecule has 1 aliphatic carbocycles. The van der Waals surface area contributed by atoms with E-state index in [2.05, 4.69) is 0 Å². The highest BCUT2D eigenvalue weighted by Crippen LogP contribution is 2.45. The second-order valence-electron chi connectivity index (χ2n) is 6.29. The third-order valence-electron chi connectivity index (χ3n) is 4.72. The maximum atomic E-state index is 12.3. The van der Waals surface area contributed by atoms with E-state index in [1.807, 2.05) is 6.92 Å². The summed E-state index contributed by atoms with van der Waals surface area (Å²) in [4.78, 5) is 26.1. The largest absolute Gasteiger partial charge is 0.396 e. The molecule has 0 aromatic rings. The molecule has 4 nitrogen and oxygen atoms in total. The highest BCUT2D eigenvalue weighted by atomic mass is 16.3. The number of aliphatic hydroxyl groups excluding tert-OH is 1. The average Bonchev–Trinajstić information content (AvgIpc) is 2.36. The highest BCUT2D eigenvalue weighted by Gasteiger charge is 2.44. The second kappa shape index (κ2) is 6.04. The fourth-order valence-electron chi connectivity index (χ4n) is 3.68. The van der Waals surface area contributed by atoms with Crippen LogP contribution in [0.4, 0.5) is 0 Å². The van der Waals surface area contributed by atoms with E-state index in [9.17, 15) is 9.59 Å². The lowest BCUT2D eigenvalue weighted by Gasteiger charge is -2.44. The number of piperidine rings is 1. The van der Waals surface area contributed by atoms with Crippen LogP contribution in [0.5, 0.6) is 0 Å². The van der Waals surface area contributed by atoms with Crippen LogP contribution in [0, 0.1) is 5.41 Å². The summed E-state index contributed by atoms with van der Waals surface area (Å²) in [5, 5.41) is 8.86. The molecule has 0 radical (unpaired) electrons. The van der Waals surface area contributed by atoms with E-state index in [4.69, 9.17) is 5.11 Å². The van der Waals surface area contributed by atoms with Crippen LogP contribution in [0.3, 0.4) is 0 Å². The van der Waals surface area contributed by atoms with Crippen molar-refractivity contribution in [2.45, 2.75) is 70.8 Å². The summed E-state index contributed by atoms with van der Waals surface area (Å²) >= 11 is 0. The summed E-state index contributed by atoms with van der Waals surface area (Å²) in [6.07, 6.45) is 8.03. The fourth-order valence-corrected chi connectivity index (χ4v) is 3.68. The minimum absolute atomic E-state index is 0.00332. The Morgan fingerprint density at radius 2 is 1.74 bits per heavy atom. The third-order valence-corrected chi connectivity index (χ3v) is 4.72. The van der Waals surface area contributed by atoms with Gasteiger partial charge >= 0.3 is 0 Å². The lowest BCUT2D eigenvalue weighted by atomic mass is 9.67. The molecule has 4 heteroatoms. The minimum atomic E-state index is -0.0758. The topological polar surface area (TPSA) is 57.6 Å². The zero-order valence-corrected chi connectivity index (χ0v) is 11.9. The molecule has 2 rings (SSSR count). The molecule has 1 spiro atoms. The van der Waals surface area contributed by atoms with Gasteiger partial charge in [0.2, 0.25) is 11.8 Å². The predicted octanol–water partition coefficient (Wildman–Crippen LogP) is 2.25. The first-order valence-electron chi connectivity index (χ1n) is 7.54. The number of hydrogen-bond donors (Lipinski definition) is 1. The summed E-state index contributed by atoms with van der Waals surface area (Å²) in [6, 6.07) is -0.0758. The molecule has 0 bridgehead atoms. The number of carbonyl (C=O) groups excluding carboxylic acids is 2. The van der Waals surface area contributed by atoms with Crippen LogP contribution < -0.4 is 0 Å². The molecule has 0 aromatic heterocycles. The molecule has 1 atom stereocenters. The maximum absolute atomic E-state index is 12.3. The minimum Gasteiger partial charge on any atom is -0.396 e. The van der Waals surface area contributed by atoms with Crippen molar-refractivity contribution in [1.29, 1.82) is 0 Å². The van der Waals surface area contributed by atoms with Crippen molar-refractivity contribution in [3.05, 3.63) is 0 Å². The van der Waals surface area contributed by atoms with Gasteiger partial charge in [0.1, 0.15) is 0 Å². The summed E-state index contributed by atoms with van der Waals surface area (Å²) in [5.74, 6) is 0.00665. The van der Waals surface area contributed by atoms with Gasteiger partial charge < -0.3 is 5.11 Å². The first-order chi connectivity index (χ1) is 9.08. The van der Waals surface area contributed by atoms with Crippen LogP contribution in [0.15, 0.2) is 0 Å². The van der Waals surface area contributed by atoms with E-state index in [0.29, 0.717) is 25.7 Å². The van der Waals surface area contributed by atoms with Crippen LogP contribution in [-0.4, -0.2) is 34.5 Å². The molecule has 1 aliphatic heterocycles. The molecule has 108 valence electrons. The molecule has 2 aliphatic rings. The Bertz CT molecular complexity index is 327. The van der Waals surface area contributed by atoms with Gasteiger partial charge in [0.15, 0.2) is 0 Å². The highest BCUT2D eigenvalue weighted by molar-refractivity contribution is 5.98.